The number of hydrogen-bond acceptors (Lipinski definition) is 0. The molecule has 0 bridgehead atoms. The minimum atomic E-state index is 0.882. The molecule has 0 saturated heterocycles. The third kappa shape index (κ3) is 3.46. The van der Waals surface area contributed by atoms with Crippen molar-refractivity contribution in [3.05, 3.63) is 97.1 Å². The van der Waals surface area contributed by atoms with E-state index in [1.165, 1.54) is 33.0 Å². The highest BCUT2D eigenvalue weighted by atomic mass is 14.1. The predicted octanol–water partition coefficient (Wildman–Crippen LogP) is 5.75. The Morgan fingerprint density at radius 3 is 1.23 bits per heavy atom. The molecule has 2 rings (SSSR count). The second-order valence-corrected chi connectivity index (χ2v) is 5.58. The monoisotopic (exact) mass is 288 g/mol. The summed E-state index contributed by atoms with van der Waals surface area (Å²) in [4.78, 5) is 0. The van der Waals surface area contributed by atoms with Gasteiger partial charge >= 0.3 is 0 Å². The van der Waals surface area contributed by atoms with E-state index < -0.39 is 0 Å². The zero-order valence-electron chi connectivity index (χ0n) is 13.3. The van der Waals surface area contributed by atoms with E-state index in [4.69, 9.17) is 0 Å². The predicted molar refractivity (Wildman–Crippen MR) is 99.6 cm³/mol. The molecule has 2 aromatic rings. The first kappa shape index (κ1) is 16.0. The van der Waals surface area contributed by atoms with Crippen molar-refractivity contribution >= 4 is 10.8 Å². The highest BCUT2D eigenvalue weighted by Gasteiger charge is 2.08. The van der Waals surface area contributed by atoms with Gasteiger partial charge in [0.15, 0.2) is 0 Å². The Morgan fingerprint density at radius 1 is 0.545 bits per heavy atom. The van der Waals surface area contributed by atoms with Crippen LogP contribution in [0.25, 0.3) is 10.8 Å². The van der Waals surface area contributed by atoms with Gasteiger partial charge in [-0.1, -0.05) is 48.6 Å². The van der Waals surface area contributed by atoms with Crippen molar-refractivity contribution in [3.63, 3.8) is 0 Å². The fourth-order valence-corrected chi connectivity index (χ4v) is 2.96. The normalized spacial score (nSPS) is 10.4. The quantitative estimate of drug-likeness (QED) is 0.542. The summed E-state index contributed by atoms with van der Waals surface area (Å²) in [6.07, 6.45) is 11.4. The van der Waals surface area contributed by atoms with Gasteiger partial charge in [0.05, 0.1) is 0 Å². The van der Waals surface area contributed by atoms with Gasteiger partial charge in [-0.2, -0.15) is 0 Å². The smallest absolute Gasteiger partial charge is 0.00939 e. The van der Waals surface area contributed by atoms with Crippen LogP contribution < -0.4 is 0 Å². The molecule has 0 unspecified atom stereocenters. The van der Waals surface area contributed by atoms with Crippen molar-refractivity contribution in [1.29, 1.82) is 0 Å². The van der Waals surface area contributed by atoms with E-state index in [1.54, 1.807) is 0 Å². The van der Waals surface area contributed by atoms with Crippen molar-refractivity contribution < 1.29 is 0 Å². The van der Waals surface area contributed by atoms with Gasteiger partial charge in [-0.15, -0.1) is 26.3 Å². The summed E-state index contributed by atoms with van der Waals surface area (Å²) in [6, 6.07) is 9.14. The summed E-state index contributed by atoms with van der Waals surface area (Å²) in [5.41, 5.74) is 5.28. The van der Waals surface area contributed by atoms with Gasteiger partial charge in [0, 0.05) is 0 Å². The summed E-state index contributed by atoms with van der Waals surface area (Å²) in [5.74, 6) is 0. The van der Waals surface area contributed by atoms with Gasteiger partial charge in [0.1, 0.15) is 0 Å². The second kappa shape index (κ2) is 7.61. The van der Waals surface area contributed by atoms with Gasteiger partial charge in [-0.3, -0.25) is 0 Å². The van der Waals surface area contributed by atoms with Crippen LogP contribution in [0.4, 0.5) is 0 Å². The van der Waals surface area contributed by atoms with Gasteiger partial charge in [0.2, 0.25) is 0 Å². The lowest BCUT2D eigenvalue weighted by Gasteiger charge is -2.14. The Hall–Kier alpha value is -2.34. The molecular formula is C22H24. The molecule has 0 atom stereocenters. The highest BCUT2D eigenvalue weighted by molar-refractivity contribution is 5.90. The molecular weight excluding hydrogens is 264 g/mol. The summed E-state index contributed by atoms with van der Waals surface area (Å²) in [6.45, 7) is 15.5. The average molecular weight is 288 g/mol. The minimum absolute atomic E-state index is 0.882. The first-order valence-corrected chi connectivity index (χ1v) is 7.74. The molecule has 0 heteroatoms. The number of rotatable bonds is 8. The zero-order chi connectivity index (χ0) is 15.9. The van der Waals surface area contributed by atoms with Crippen LogP contribution in [0.1, 0.15) is 22.3 Å². The van der Waals surface area contributed by atoms with Crippen LogP contribution in [0.3, 0.4) is 0 Å². The topological polar surface area (TPSA) is 0 Å². The van der Waals surface area contributed by atoms with Crippen molar-refractivity contribution in [1.82, 2.24) is 0 Å². The van der Waals surface area contributed by atoms with Crippen molar-refractivity contribution in [3.8, 4) is 0 Å². The van der Waals surface area contributed by atoms with E-state index in [2.05, 4.69) is 50.6 Å². The largest absolute Gasteiger partial charge is 0.103 e. The van der Waals surface area contributed by atoms with Gasteiger partial charge in [-0.05, 0) is 58.7 Å². The summed E-state index contributed by atoms with van der Waals surface area (Å²) in [7, 11) is 0. The molecule has 0 nitrogen and oxygen atoms in total. The Labute approximate surface area is 134 Å². The molecule has 0 N–H and O–H groups in total. The van der Waals surface area contributed by atoms with E-state index in [9.17, 15) is 0 Å². The Balaban J connectivity index is 2.76. The van der Waals surface area contributed by atoms with E-state index in [0.717, 1.165) is 25.7 Å². The van der Waals surface area contributed by atoms with Crippen LogP contribution in [0, 0.1) is 0 Å². The van der Waals surface area contributed by atoms with Crippen LogP contribution in [0.2, 0.25) is 0 Å². The number of benzene rings is 2. The van der Waals surface area contributed by atoms with E-state index in [0.29, 0.717) is 0 Å². The third-order valence-corrected chi connectivity index (χ3v) is 3.85. The van der Waals surface area contributed by atoms with Crippen molar-refractivity contribution in [2.75, 3.05) is 0 Å². The van der Waals surface area contributed by atoms with E-state index in [1.807, 2.05) is 24.3 Å². The Morgan fingerprint density at radius 2 is 0.909 bits per heavy atom. The van der Waals surface area contributed by atoms with Crippen LogP contribution in [-0.4, -0.2) is 0 Å². The first-order valence-electron chi connectivity index (χ1n) is 7.74. The molecule has 112 valence electrons. The Bertz CT molecular complexity index is 653. The maximum absolute atomic E-state index is 3.90. The van der Waals surface area contributed by atoms with Gasteiger partial charge in [0.25, 0.3) is 0 Å². The van der Waals surface area contributed by atoms with Crippen LogP contribution >= 0.6 is 0 Å². The maximum atomic E-state index is 3.90. The molecule has 2 aromatic carbocycles. The van der Waals surface area contributed by atoms with Crippen LogP contribution in [0.5, 0.6) is 0 Å². The molecule has 22 heavy (non-hydrogen) atoms. The van der Waals surface area contributed by atoms with Crippen molar-refractivity contribution in [2.45, 2.75) is 25.7 Å². The van der Waals surface area contributed by atoms with Crippen molar-refractivity contribution in [2.24, 2.45) is 0 Å². The van der Waals surface area contributed by atoms with Crippen LogP contribution in [-0.2, 0) is 25.7 Å². The maximum Gasteiger partial charge on any atom is -0.00939 e. The minimum Gasteiger partial charge on any atom is -0.103 e. The van der Waals surface area contributed by atoms with E-state index in [-0.39, 0.29) is 0 Å². The van der Waals surface area contributed by atoms with Gasteiger partial charge in [-0.25, -0.2) is 0 Å². The second-order valence-electron chi connectivity index (χ2n) is 5.58. The first-order chi connectivity index (χ1) is 10.7. The molecule has 0 aromatic heterocycles. The zero-order valence-corrected chi connectivity index (χ0v) is 13.3. The summed E-state index contributed by atoms with van der Waals surface area (Å²) < 4.78 is 0. The standard InChI is InChI=1S/C22H24/c1-5-9-17-13-19(11-7-3)22-16-18(10-6-2)14-20(12-8-4)21(22)15-17/h5-8,13-16H,1-4,9-12H2. The van der Waals surface area contributed by atoms with E-state index >= 15 is 0 Å². The molecule has 0 aliphatic carbocycles. The lowest BCUT2D eigenvalue weighted by atomic mass is 9.91. The number of allylic oxidation sites excluding steroid dienone is 4. The Kier molecular flexibility index (Phi) is 5.55. The molecule has 0 aliphatic heterocycles. The lowest BCUT2D eigenvalue weighted by molar-refractivity contribution is 1.20. The molecule has 0 spiro atoms. The molecule has 0 saturated carbocycles. The van der Waals surface area contributed by atoms with Gasteiger partial charge < -0.3 is 0 Å². The highest BCUT2D eigenvalue weighted by Crippen LogP contribution is 2.28. The molecule has 0 heterocycles. The number of hydrogen-bond donors (Lipinski definition) is 0. The average Bonchev–Trinajstić information content (AvgIpc) is 2.49. The summed E-state index contributed by atoms with van der Waals surface area (Å²) >= 11 is 0. The number of fused-ring (bicyclic) bond motifs is 1. The summed E-state index contributed by atoms with van der Waals surface area (Å²) in [5, 5.41) is 2.65. The molecule has 0 aliphatic rings. The molecule has 0 radical (unpaired) electrons. The fraction of sp³-hybridized carbons (Fsp3) is 0.182. The molecule has 0 fully saturated rings. The fourth-order valence-electron chi connectivity index (χ4n) is 2.96. The lowest BCUT2D eigenvalue weighted by Crippen LogP contribution is -1.96. The third-order valence-electron chi connectivity index (χ3n) is 3.85. The SMILES string of the molecule is C=CCc1cc(CC=C)c2cc(CC=C)cc(CC=C)c2c1. The van der Waals surface area contributed by atoms with Crippen LogP contribution in [0.15, 0.2) is 74.9 Å². The molecule has 0 amide bonds.